The Bertz CT molecular complexity index is 935. The van der Waals surface area contributed by atoms with Crippen molar-refractivity contribution in [3.63, 3.8) is 0 Å². The van der Waals surface area contributed by atoms with Gasteiger partial charge in [0.1, 0.15) is 5.82 Å². The molecule has 0 unspecified atom stereocenters. The molecular formula is C17H15N5. The predicted molar refractivity (Wildman–Crippen MR) is 85.4 cm³/mol. The molecule has 0 amide bonds. The van der Waals surface area contributed by atoms with Gasteiger partial charge in [-0.2, -0.15) is 5.10 Å². The van der Waals surface area contributed by atoms with Crippen LogP contribution in [0.3, 0.4) is 0 Å². The van der Waals surface area contributed by atoms with Crippen molar-refractivity contribution in [2.75, 3.05) is 0 Å². The van der Waals surface area contributed by atoms with Gasteiger partial charge in [0.25, 0.3) is 0 Å². The van der Waals surface area contributed by atoms with Gasteiger partial charge in [0.15, 0.2) is 0 Å². The smallest absolute Gasteiger partial charge is 0.140 e. The lowest BCUT2D eigenvalue weighted by molar-refractivity contribution is 0.775. The second kappa shape index (κ2) is 5.11. The Morgan fingerprint density at radius 3 is 2.91 bits per heavy atom. The maximum absolute atomic E-state index is 4.50. The molecule has 4 rings (SSSR count). The number of imidazole rings is 1. The average molecular weight is 289 g/mol. The van der Waals surface area contributed by atoms with Crippen LogP contribution in [-0.2, 0) is 6.54 Å². The van der Waals surface area contributed by atoms with Crippen LogP contribution in [0.25, 0.3) is 22.3 Å². The minimum Gasteiger partial charge on any atom is -0.325 e. The second-order valence-electron chi connectivity index (χ2n) is 5.33. The molecule has 3 aromatic heterocycles. The highest BCUT2D eigenvalue weighted by Gasteiger charge is 2.09. The van der Waals surface area contributed by atoms with Gasteiger partial charge in [-0.25, -0.2) is 4.98 Å². The summed E-state index contributed by atoms with van der Waals surface area (Å²) < 4.78 is 2.10. The predicted octanol–water partition coefficient (Wildman–Crippen LogP) is 3.18. The van der Waals surface area contributed by atoms with E-state index in [2.05, 4.69) is 42.9 Å². The van der Waals surface area contributed by atoms with E-state index in [1.165, 1.54) is 0 Å². The van der Waals surface area contributed by atoms with E-state index >= 15 is 0 Å². The topological polar surface area (TPSA) is 59.4 Å². The van der Waals surface area contributed by atoms with Crippen LogP contribution in [0.5, 0.6) is 0 Å². The van der Waals surface area contributed by atoms with Gasteiger partial charge < -0.3 is 4.57 Å². The summed E-state index contributed by atoms with van der Waals surface area (Å²) in [6.45, 7) is 2.70. The van der Waals surface area contributed by atoms with Crippen molar-refractivity contribution in [1.29, 1.82) is 0 Å². The molecule has 0 aliphatic heterocycles. The van der Waals surface area contributed by atoms with Crippen LogP contribution in [0.2, 0.25) is 0 Å². The Morgan fingerprint density at radius 2 is 2.05 bits per heavy atom. The van der Waals surface area contributed by atoms with Crippen molar-refractivity contribution >= 4 is 10.9 Å². The number of pyridine rings is 1. The van der Waals surface area contributed by atoms with Crippen LogP contribution in [-0.4, -0.2) is 24.7 Å². The third-order valence-electron chi connectivity index (χ3n) is 3.67. The molecule has 1 N–H and O–H groups in total. The minimum atomic E-state index is 0.699. The third kappa shape index (κ3) is 2.26. The van der Waals surface area contributed by atoms with Crippen LogP contribution in [0.4, 0.5) is 0 Å². The first-order valence-electron chi connectivity index (χ1n) is 7.17. The van der Waals surface area contributed by atoms with Crippen molar-refractivity contribution in [1.82, 2.24) is 24.7 Å². The largest absolute Gasteiger partial charge is 0.325 e. The Kier molecular flexibility index (Phi) is 2.96. The summed E-state index contributed by atoms with van der Waals surface area (Å²) in [5.74, 6) is 0.936. The number of benzene rings is 1. The quantitative estimate of drug-likeness (QED) is 0.630. The molecule has 108 valence electrons. The van der Waals surface area contributed by atoms with Crippen molar-refractivity contribution in [2.24, 2.45) is 0 Å². The molecule has 0 spiro atoms. The lowest BCUT2D eigenvalue weighted by Crippen LogP contribution is -2.01. The van der Waals surface area contributed by atoms with Crippen molar-refractivity contribution < 1.29 is 0 Å². The molecule has 0 radical (unpaired) electrons. The summed E-state index contributed by atoms with van der Waals surface area (Å²) in [5, 5.41) is 8.38. The second-order valence-corrected chi connectivity index (χ2v) is 5.33. The van der Waals surface area contributed by atoms with Crippen LogP contribution >= 0.6 is 0 Å². The lowest BCUT2D eigenvalue weighted by atomic mass is 10.1. The Hall–Kier alpha value is -2.95. The molecule has 0 bridgehead atoms. The third-order valence-corrected chi connectivity index (χ3v) is 3.67. The first-order chi connectivity index (χ1) is 10.8. The van der Waals surface area contributed by atoms with Gasteiger partial charge in [0, 0.05) is 35.2 Å². The summed E-state index contributed by atoms with van der Waals surface area (Å²) in [7, 11) is 0. The van der Waals surface area contributed by atoms with E-state index in [4.69, 9.17) is 0 Å². The molecule has 0 atom stereocenters. The summed E-state index contributed by atoms with van der Waals surface area (Å²) in [4.78, 5) is 8.86. The molecule has 3 heterocycles. The van der Waals surface area contributed by atoms with E-state index in [0.717, 1.165) is 33.7 Å². The zero-order chi connectivity index (χ0) is 14.9. The molecule has 0 saturated carbocycles. The average Bonchev–Trinajstić information content (AvgIpc) is 3.16. The fourth-order valence-electron chi connectivity index (χ4n) is 2.64. The zero-order valence-corrected chi connectivity index (χ0v) is 12.2. The van der Waals surface area contributed by atoms with Gasteiger partial charge in [-0.1, -0.05) is 6.07 Å². The summed E-state index contributed by atoms with van der Waals surface area (Å²) in [6.07, 6.45) is 5.61. The maximum Gasteiger partial charge on any atom is 0.140 e. The van der Waals surface area contributed by atoms with Crippen molar-refractivity contribution in [2.45, 2.75) is 13.5 Å². The number of rotatable bonds is 3. The molecule has 0 aliphatic carbocycles. The number of hydrogen-bond acceptors (Lipinski definition) is 3. The van der Waals surface area contributed by atoms with E-state index in [0.29, 0.717) is 6.54 Å². The molecule has 4 aromatic rings. The molecular weight excluding hydrogens is 274 g/mol. The van der Waals surface area contributed by atoms with E-state index in [9.17, 15) is 0 Å². The van der Waals surface area contributed by atoms with Gasteiger partial charge in [-0.05, 0) is 37.3 Å². The molecule has 5 nitrogen and oxygen atoms in total. The van der Waals surface area contributed by atoms with Gasteiger partial charge in [-0.3, -0.25) is 10.1 Å². The van der Waals surface area contributed by atoms with Crippen LogP contribution in [0.1, 0.15) is 11.4 Å². The van der Waals surface area contributed by atoms with Gasteiger partial charge in [0.05, 0.1) is 17.8 Å². The maximum atomic E-state index is 4.50. The molecule has 0 fully saturated rings. The summed E-state index contributed by atoms with van der Waals surface area (Å²) in [6, 6.07) is 12.3. The number of nitrogens with one attached hydrogen (secondary N) is 1. The number of H-pyrrole nitrogens is 1. The number of nitrogens with zero attached hydrogens (tertiary/aromatic N) is 4. The SMILES string of the molecule is Cc1cc(Cn2ccnc2-c2ccc3ncccc3c2)n[nH]1. The highest BCUT2D eigenvalue weighted by molar-refractivity contribution is 5.83. The molecule has 22 heavy (non-hydrogen) atoms. The van der Waals surface area contributed by atoms with Crippen LogP contribution in [0.15, 0.2) is 55.0 Å². The number of aromatic nitrogens is 5. The number of fused-ring (bicyclic) bond motifs is 1. The number of hydrogen-bond donors (Lipinski definition) is 1. The molecule has 5 heteroatoms. The standard InChI is InChI=1S/C17H15N5/c1-12-9-15(21-20-12)11-22-8-7-19-17(22)14-4-5-16-13(10-14)3-2-6-18-16/h2-10H,11H2,1H3,(H,20,21). The van der Waals surface area contributed by atoms with Gasteiger partial charge in [0.2, 0.25) is 0 Å². The van der Waals surface area contributed by atoms with E-state index in [1.54, 1.807) is 0 Å². The minimum absolute atomic E-state index is 0.699. The Labute approximate surface area is 127 Å². The van der Waals surface area contributed by atoms with Crippen molar-refractivity contribution in [3.05, 3.63) is 66.4 Å². The highest BCUT2D eigenvalue weighted by atomic mass is 15.1. The van der Waals surface area contributed by atoms with Crippen LogP contribution in [0, 0.1) is 6.92 Å². The number of aromatic amines is 1. The first-order valence-corrected chi connectivity index (χ1v) is 7.17. The van der Waals surface area contributed by atoms with E-state index < -0.39 is 0 Å². The Morgan fingerprint density at radius 1 is 1.09 bits per heavy atom. The van der Waals surface area contributed by atoms with E-state index in [1.807, 2.05) is 43.7 Å². The fraction of sp³-hybridized carbons (Fsp3) is 0.118. The zero-order valence-electron chi connectivity index (χ0n) is 12.2. The Balaban J connectivity index is 1.74. The molecule has 0 aliphatic rings. The van der Waals surface area contributed by atoms with E-state index in [-0.39, 0.29) is 0 Å². The van der Waals surface area contributed by atoms with Gasteiger partial charge >= 0.3 is 0 Å². The van der Waals surface area contributed by atoms with Crippen molar-refractivity contribution in [3.8, 4) is 11.4 Å². The first kappa shape index (κ1) is 12.8. The summed E-state index contributed by atoms with van der Waals surface area (Å²) in [5.41, 5.74) is 4.14. The van der Waals surface area contributed by atoms with Crippen LogP contribution < -0.4 is 0 Å². The summed E-state index contributed by atoms with van der Waals surface area (Å²) >= 11 is 0. The fourth-order valence-corrected chi connectivity index (χ4v) is 2.64. The lowest BCUT2D eigenvalue weighted by Gasteiger charge is -2.07. The normalized spacial score (nSPS) is 11.1. The number of aryl methyl sites for hydroxylation is 1. The molecule has 0 saturated heterocycles. The highest BCUT2D eigenvalue weighted by Crippen LogP contribution is 2.22. The monoisotopic (exact) mass is 289 g/mol. The van der Waals surface area contributed by atoms with Gasteiger partial charge in [-0.15, -0.1) is 0 Å². The molecule has 1 aromatic carbocycles.